The van der Waals surface area contributed by atoms with E-state index in [4.69, 9.17) is 4.74 Å². The standard InChI is InChI=1S/C24H20N2O5S2/c1-4-11-31-23(30)21-14(3)25-24(33-21)26-18(15-9-7-13(2)8-10-15)17(20(28)22(26)29)19(27)16-6-5-12-32-16/h4-10,12,18,28H,1,11H2,2-3H3. The minimum atomic E-state index is -0.893. The zero-order valence-electron chi connectivity index (χ0n) is 17.9. The van der Waals surface area contributed by atoms with Crippen LogP contribution in [0.4, 0.5) is 5.13 Å². The summed E-state index contributed by atoms with van der Waals surface area (Å²) in [5.41, 5.74) is 2.01. The minimum absolute atomic E-state index is 0.0186. The first-order valence-electron chi connectivity index (χ1n) is 10.0. The Hall–Kier alpha value is -3.56. The zero-order chi connectivity index (χ0) is 23.7. The minimum Gasteiger partial charge on any atom is -0.503 e. The summed E-state index contributed by atoms with van der Waals surface area (Å²) in [6.45, 7) is 7.13. The van der Waals surface area contributed by atoms with E-state index in [2.05, 4.69) is 11.6 Å². The third-order valence-electron chi connectivity index (χ3n) is 5.10. The molecule has 168 valence electrons. The summed E-state index contributed by atoms with van der Waals surface area (Å²) in [4.78, 5) is 45.2. The summed E-state index contributed by atoms with van der Waals surface area (Å²) < 4.78 is 5.11. The smallest absolute Gasteiger partial charge is 0.350 e. The number of anilines is 1. The molecule has 1 aromatic carbocycles. The van der Waals surface area contributed by atoms with Gasteiger partial charge < -0.3 is 9.84 Å². The molecule has 0 aliphatic carbocycles. The van der Waals surface area contributed by atoms with Crippen LogP contribution in [0.2, 0.25) is 0 Å². The number of aliphatic hydroxyl groups is 1. The lowest BCUT2D eigenvalue weighted by atomic mass is 9.95. The van der Waals surface area contributed by atoms with Crippen molar-refractivity contribution >= 4 is 45.5 Å². The Bertz CT molecular complexity index is 1270. The van der Waals surface area contributed by atoms with Crippen molar-refractivity contribution < 1.29 is 24.2 Å². The number of Topliss-reactive ketones (excluding diaryl/α,β-unsaturated/α-hetero) is 1. The molecule has 1 unspecified atom stereocenters. The number of carbonyl (C=O) groups is 3. The molecule has 9 heteroatoms. The molecule has 3 aromatic rings. The van der Waals surface area contributed by atoms with Crippen LogP contribution in [0.5, 0.6) is 0 Å². The first-order valence-corrected chi connectivity index (χ1v) is 11.7. The molecule has 0 bridgehead atoms. The molecular formula is C24H20N2O5S2. The molecule has 1 amide bonds. The van der Waals surface area contributed by atoms with Gasteiger partial charge in [-0.1, -0.05) is 59.9 Å². The van der Waals surface area contributed by atoms with E-state index in [1.54, 1.807) is 36.6 Å². The Morgan fingerprint density at radius 2 is 1.97 bits per heavy atom. The van der Waals surface area contributed by atoms with Gasteiger partial charge in [0.2, 0.25) is 5.78 Å². The van der Waals surface area contributed by atoms with Gasteiger partial charge in [0, 0.05) is 0 Å². The van der Waals surface area contributed by atoms with Crippen molar-refractivity contribution in [2.75, 3.05) is 11.5 Å². The Kier molecular flexibility index (Phi) is 6.26. The highest BCUT2D eigenvalue weighted by molar-refractivity contribution is 7.17. The summed E-state index contributed by atoms with van der Waals surface area (Å²) >= 11 is 2.20. The number of aromatic nitrogens is 1. The maximum atomic E-state index is 13.3. The third-order valence-corrected chi connectivity index (χ3v) is 7.11. The lowest BCUT2D eigenvalue weighted by Gasteiger charge is -2.24. The van der Waals surface area contributed by atoms with Crippen LogP contribution in [-0.2, 0) is 9.53 Å². The number of nitrogens with zero attached hydrogens (tertiary/aromatic N) is 2. The lowest BCUT2D eigenvalue weighted by Crippen LogP contribution is -2.31. The zero-order valence-corrected chi connectivity index (χ0v) is 19.5. The number of aliphatic hydroxyl groups excluding tert-OH is 1. The highest BCUT2D eigenvalue weighted by Gasteiger charge is 2.46. The van der Waals surface area contributed by atoms with E-state index in [0.717, 1.165) is 16.9 Å². The van der Waals surface area contributed by atoms with Gasteiger partial charge in [-0.15, -0.1) is 11.3 Å². The van der Waals surface area contributed by atoms with Gasteiger partial charge in [-0.25, -0.2) is 9.78 Å². The van der Waals surface area contributed by atoms with Crippen LogP contribution in [0.3, 0.4) is 0 Å². The molecule has 0 saturated carbocycles. The van der Waals surface area contributed by atoms with Gasteiger partial charge in [0.25, 0.3) is 5.91 Å². The number of hydrogen-bond donors (Lipinski definition) is 1. The quantitative estimate of drug-likeness (QED) is 0.292. The van der Waals surface area contributed by atoms with Gasteiger partial charge in [0.05, 0.1) is 22.2 Å². The molecule has 1 atom stereocenters. The van der Waals surface area contributed by atoms with Gasteiger partial charge in [-0.3, -0.25) is 14.5 Å². The van der Waals surface area contributed by atoms with E-state index in [9.17, 15) is 19.5 Å². The van der Waals surface area contributed by atoms with E-state index in [0.29, 0.717) is 16.1 Å². The first-order chi connectivity index (χ1) is 15.8. The molecule has 0 radical (unpaired) electrons. The van der Waals surface area contributed by atoms with Crippen molar-refractivity contribution in [1.29, 1.82) is 0 Å². The van der Waals surface area contributed by atoms with Crippen LogP contribution in [0, 0.1) is 13.8 Å². The third kappa shape index (κ3) is 4.12. The molecule has 0 spiro atoms. The van der Waals surface area contributed by atoms with Gasteiger partial charge in [-0.05, 0) is 30.9 Å². The Morgan fingerprint density at radius 3 is 2.61 bits per heavy atom. The molecule has 1 aliphatic heterocycles. The molecule has 4 rings (SSSR count). The molecular weight excluding hydrogens is 460 g/mol. The second-order valence-electron chi connectivity index (χ2n) is 7.36. The van der Waals surface area contributed by atoms with Crippen molar-refractivity contribution in [3.63, 3.8) is 0 Å². The highest BCUT2D eigenvalue weighted by Crippen LogP contribution is 2.44. The molecule has 2 aromatic heterocycles. The van der Waals surface area contributed by atoms with Crippen molar-refractivity contribution in [3.05, 3.63) is 92.3 Å². The average Bonchev–Trinajstić information content (AvgIpc) is 3.52. The van der Waals surface area contributed by atoms with Crippen LogP contribution >= 0.6 is 22.7 Å². The fraction of sp³-hybridized carbons (Fsp3) is 0.167. The average molecular weight is 481 g/mol. The largest absolute Gasteiger partial charge is 0.503 e. The molecule has 1 N–H and O–H groups in total. The number of rotatable bonds is 7. The van der Waals surface area contributed by atoms with Crippen molar-refractivity contribution in [3.8, 4) is 0 Å². The monoisotopic (exact) mass is 480 g/mol. The number of ketones is 1. The predicted molar refractivity (Wildman–Crippen MR) is 127 cm³/mol. The van der Waals surface area contributed by atoms with Crippen molar-refractivity contribution in [2.45, 2.75) is 19.9 Å². The number of esters is 1. The number of carbonyl (C=O) groups excluding carboxylic acids is 3. The van der Waals surface area contributed by atoms with Gasteiger partial charge >= 0.3 is 5.97 Å². The van der Waals surface area contributed by atoms with Crippen molar-refractivity contribution in [2.24, 2.45) is 0 Å². The summed E-state index contributed by atoms with van der Waals surface area (Å²) in [7, 11) is 0. The number of ether oxygens (including phenoxy) is 1. The number of benzene rings is 1. The van der Waals surface area contributed by atoms with Crippen molar-refractivity contribution in [1.82, 2.24) is 4.98 Å². The highest BCUT2D eigenvalue weighted by atomic mass is 32.1. The van der Waals surface area contributed by atoms with Crippen LogP contribution in [-0.4, -0.2) is 34.4 Å². The van der Waals surface area contributed by atoms with Crippen LogP contribution in [0.15, 0.2) is 65.8 Å². The fourth-order valence-electron chi connectivity index (χ4n) is 3.51. The van der Waals surface area contributed by atoms with E-state index in [1.807, 2.05) is 19.1 Å². The topological polar surface area (TPSA) is 96.8 Å². The SMILES string of the molecule is C=CCOC(=O)c1sc(N2C(=O)C(O)=C(C(=O)c3cccs3)C2c2ccc(C)cc2)nc1C. The molecule has 3 heterocycles. The summed E-state index contributed by atoms with van der Waals surface area (Å²) in [5.74, 6) is -2.38. The number of amides is 1. The number of hydrogen-bond acceptors (Lipinski definition) is 8. The Balaban J connectivity index is 1.82. The van der Waals surface area contributed by atoms with E-state index in [-0.39, 0.29) is 22.2 Å². The maximum absolute atomic E-state index is 13.3. The summed E-state index contributed by atoms with van der Waals surface area (Å²) in [5, 5.41) is 12.7. The normalized spacial score (nSPS) is 15.8. The van der Waals surface area contributed by atoms with Crippen LogP contribution in [0.25, 0.3) is 0 Å². The second kappa shape index (κ2) is 9.13. The van der Waals surface area contributed by atoms with Gasteiger partial charge in [-0.2, -0.15) is 0 Å². The lowest BCUT2D eigenvalue weighted by molar-refractivity contribution is -0.117. The molecule has 33 heavy (non-hydrogen) atoms. The molecule has 0 saturated heterocycles. The first kappa shape index (κ1) is 22.6. The summed E-state index contributed by atoms with van der Waals surface area (Å²) in [6, 6.07) is 9.83. The fourth-order valence-corrected chi connectivity index (χ4v) is 5.18. The van der Waals surface area contributed by atoms with E-state index in [1.165, 1.54) is 22.3 Å². The number of thiophene rings is 1. The number of aryl methyl sites for hydroxylation is 2. The van der Waals surface area contributed by atoms with Crippen LogP contribution in [0.1, 0.15) is 42.2 Å². The maximum Gasteiger partial charge on any atom is 0.350 e. The second-order valence-corrected chi connectivity index (χ2v) is 9.28. The van der Waals surface area contributed by atoms with Gasteiger partial charge in [0.15, 0.2) is 10.9 Å². The summed E-state index contributed by atoms with van der Waals surface area (Å²) in [6.07, 6.45) is 1.46. The Labute approximate surface area is 198 Å². The predicted octanol–water partition coefficient (Wildman–Crippen LogP) is 4.95. The molecule has 0 fully saturated rings. The van der Waals surface area contributed by atoms with E-state index < -0.39 is 29.5 Å². The molecule has 1 aliphatic rings. The number of thiazole rings is 1. The van der Waals surface area contributed by atoms with E-state index >= 15 is 0 Å². The molecule has 7 nitrogen and oxygen atoms in total. The van der Waals surface area contributed by atoms with Crippen LogP contribution < -0.4 is 4.90 Å². The van der Waals surface area contributed by atoms with Gasteiger partial charge in [0.1, 0.15) is 11.5 Å². The Morgan fingerprint density at radius 1 is 1.24 bits per heavy atom.